The number of rotatable bonds is 6. The minimum absolute atomic E-state index is 0.131. The highest BCUT2D eigenvalue weighted by Gasteiger charge is 2.31. The molecule has 0 bridgehead atoms. The normalized spacial score (nSPS) is 25.6. The van der Waals surface area contributed by atoms with E-state index in [4.69, 9.17) is 14.9 Å². The van der Waals surface area contributed by atoms with Crippen LogP contribution < -0.4 is 5.73 Å². The van der Waals surface area contributed by atoms with Gasteiger partial charge in [-0.2, -0.15) is 0 Å². The SMILES string of the molecule is CCOC1CC(Cc2nnc(C(N)CC)o2)C1. The van der Waals surface area contributed by atoms with Gasteiger partial charge in [-0.25, -0.2) is 0 Å². The summed E-state index contributed by atoms with van der Waals surface area (Å²) in [5.74, 6) is 1.89. The van der Waals surface area contributed by atoms with Gasteiger partial charge in [0.05, 0.1) is 12.1 Å². The Hall–Kier alpha value is -0.940. The fourth-order valence-electron chi connectivity index (χ4n) is 2.13. The molecule has 1 fully saturated rings. The van der Waals surface area contributed by atoms with Gasteiger partial charge < -0.3 is 14.9 Å². The van der Waals surface area contributed by atoms with Crippen LogP contribution in [0.2, 0.25) is 0 Å². The van der Waals surface area contributed by atoms with Gasteiger partial charge >= 0.3 is 0 Å². The quantitative estimate of drug-likeness (QED) is 0.819. The summed E-state index contributed by atoms with van der Waals surface area (Å²) in [6.07, 6.45) is 4.31. The maximum atomic E-state index is 5.83. The average molecular weight is 239 g/mol. The first-order chi connectivity index (χ1) is 8.22. The molecule has 1 unspecified atom stereocenters. The van der Waals surface area contributed by atoms with Gasteiger partial charge in [0.1, 0.15) is 0 Å². The van der Waals surface area contributed by atoms with Gasteiger partial charge in [0, 0.05) is 13.0 Å². The molecule has 0 aliphatic heterocycles. The lowest BCUT2D eigenvalue weighted by Gasteiger charge is -2.34. The van der Waals surface area contributed by atoms with Crippen LogP contribution in [0.4, 0.5) is 0 Å². The number of ether oxygens (including phenoxy) is 1. The molecule has 1 aromatic rings. The molecule has 1 saturated carbocycles. The Morgan fingerprint density at radius 3 is 2.82 bits per heavy atom. The second-order valence-electron chi connectivity index (χ2n) is 4.67. The molecule has 1 aliphatic carbocycles. The summed E-state index contributed by atoms with van der Waals surface area (Å²) >= 11 is 0. The minimum atomic E-state index is -0.131. The molecular weight excluding hydrogens is 218 g/mol. The summed E-state index contributed by atoms with van der Waals surface area (Å²) in [4.78, 5) is 0. The van der Waals surface area contributed by atoms with Crippen LogP contribution in [-0.2, 0) is 11.2 Å². The van der Waals surface area contributed by atoms with Gasteiger partial charge in [-0.1, -0.05) is 6.92 Å². The lowest BCUT2D eigenvalue weighted by atomic mass is 9.80. The molecule has 1 aliphatic rings. The number of nitrogens with two attached hydrogens (primary N) is 1. The van der Waals surface area contributed by atoms with Crippen molar-refractivity contribution in [1.82, 2.24) is 10.2 Å². The fourth-order valence-corrected chi connectivity index (χ4v) is 2.13. The number of hydrogen-bond acceptors (Lipinski definition) is 5. The Morgan fingerprint density at radius 1 is 1.41 bits per heavy atom. The van der Waals surface area contributed by atoms with Gasteiger partial charge in [-0.05, 0) is 32.1 Å². The second kappa shape index (κ2) is 5.60. The smallest absolute Gasteiger partial charge is 0.233 e. The van der Waals surface area contributed by atoms with E-state index >= 15 is 0 Å². The third kappa shape index (κ3) is 3.04. The number of aromatic nitrogens is 2. The first-order valence-corrected chi connectivity index (χ1v) is 6.42. The van der Waals surface area contributed by atoms with E-state index in [1.54, 1.807) is 0 Å². The molecule has 1 aromatic heterocycles. The molecule has 17 heavy (non-hydrogen) atoms. The molecule has 96 valence electrons. The zero-order chi connectivity index (χ0) is 12.3. The van der Waals surface area contributed by atoms with Crippen molar-refractivity contribution in [3.8, 4) is 0 Å². The lowest BCUT2D eigenvalue weighted by molar-refractivity contribution is -0.0255. The van der Waals surface area contributed by atoms with Crippen molar-refractivity contribution in [2.75, 3.05) is 6.61 Å². The Labute approximate surface area is 102 Å². The van der Waals surface area contributed by atoms with Crippen LogP contribution in [-0.4, -0.2) is 22.9 Å². The second-order valence-corrected chi connectivity index (χ2v) is 4.67. The molecule has 0 radical (unpaired) electrons. The molecule has 5 nitrogen and oxygen atoms in total. The third-order valence-corrected chi connectivity index (χ3v) is 3.30. The molecule has 2 rings (SSSR count). The van der Waals surface area contributed by atoms with Crippen molar-refractivity contribution < 1.29 is 9.15 Å². The van der Waals surface area contributed by atoms with Gasteiger partial charge in [0.25, 0.3) is 0 Å². The van der Waals surface area contributed by atoms with Crippen LogP contribution in [0.1, 0.15) is 50.9 Å². The lowest BCUT2D eigenvalue weighted by Crippen LogP contribution is -2.32. The standard InChI is InChI=1S/C12H21N3O2/c1-3-10(13)12-15-14-11(17-12)7-8-5-9(6-8)16-4-2/h8-10H,3-7,13H2,1-2H3. The predicted octanol–water partition coefficient (Wildman–Crippen LogP) is 1.84. The van der Waals surface area contributed by atoms with Crippen molar-refractivity contribution in [3.63, 3.8) is 0 Å². The third-order valence-electron chi connectivity index (χ3n) is 3.30. The van der Waals surface area contributed by atoms with E-state index in [1.165, 1.54) is 0 Å². The molecule has 1 heterocycles. The molecular formula is C12H21N3O2. The van der Waals surface area contributed by atoms with Crippen LogP contribution in [0.5, 0.6) is 0 Å². The number of nitrogens with zero attached hydrogens (tertiary/aromatic N) is 2. The van der Waals surface area contributed by atoms with Gasteiger partial charge in [-0.3, -0.25) is 0 Å². The van der Waals surface area contributed by atoms with Crippen LogP contribution in [0.3, 0.4) is 0 Å². The van der Waals surface area contributed by atoms with Gasteiger partial charge in [0.2, 0.25) is 11.8 Å². The molecule has 0 amide bonds. The van der Waals surface area contributed by atoms with Crippen molar-refractivity contribution in [1.29, 1.82) is 0 Å². The van der Waals surface area contributed by atoms with E-state index in [0.717, 1.165) is 32.3 Å². The molecule has 0 aromatic carbocycles. The summed E-state index contributed by atoms with van der Waals surface area (Å²) in [5.41, 5.74) is 5.83. The van der Waals surface area contributed by atoms with Crippen molar-refractivity contribution in [2.24, 2.45) is 11.7 Å². The Balaban J connectivity index is 1.79. The van der Waals surface area contributed by atoms with E-state index in [-0.39, 0.29) is 6.04 Å². The molecule has 0 saturated heterocycles. The van der Waals surface area contributed by atoms with E-state index in [9.17, 15) is 0 Å². The zero-order valence-electron chi connectivity index (χ0n) is 10.6. The Bertz CT molecular complexity index is 347. The van der Waals surface area contributed by atoms with Gasteiger partial charge in [-0.15, -0.1) is 10.2 Å². The summed E-state index contributed by atoms with van der Waals surface area (Å²) < 4.78 is 11.1. The highest BCUT2D eigenvalue weighted by molar-refractivity contribution is 4.92. The number of hydrogen-bond donors (Lipinski definition) is 1. The Morgan fingerprint density at radius 2 is 2.18 bits per heavy atom. The minimum Gasteiger partial charge on any atom is -0.424 e. The highest BCUT2D eigenvalue weighted by atomic mass is 16.5. The molecule has 1 atom stereocenters. The maximum Gasteiger partial charge on any atom is 0.233 e. The van der Waals surface area contributed by atoms with E-state index in [2.05, 4.69) is 10.2 Å². The van der Waals surface area contributed by atoms with Crippen molar-refractivity contribution in [3.05, 3.63) is 11.8 Å². The topological polar surface area (TPSA) is 74.2 Å². The average Bonchev–Trinajstić information content (AvgIpc) is 2.74. The van der Waals surface area contributed by atoms with Crippen LogP contribution >= 0.6 is 0 Å². The molecule has 2 N–H and O–H groups in total. The first kappa shape index (κ1) is 12.5. The zero-order valence-corrected chi connectivity index (χ0v) is 10.6. The molecule has 5 heteroatoms. The summed E-state index contributed by atoms with van der Waals surface area (Å²) in [5, 5.41) is 8.02. The summed E-state index contributed by atoms with van der Waals surface area (Å²) in [6, 6.07) is -0.131. The van der Waals surface area contributed by atoms with Crippen molar-refractivity contribution in [2.45, 2.75) is 51.7 Å². The highest BCUT2D eigenvalue weighted by Crippen LogP contribution is 2.32. The summed E-state index contributed by atoms with van der Waals surface area (Å²) in [6.45, 7) is 4.84. The maximum absolute atomic E-state index is 5.83. The van der Waals surface area contributed by atoms with Crippen molar-refractivity contribution >= 4 is 0 Å². The first-order valence-electron chi connectivity index (χ1n) is 6.42. The van der Waals surface area contributed by atoms with Crippen LogP contribution in [0.15, 0.2) is 4.42 Å². The van der Waals surface area contributed by atoms with Crippen LogP contribution in [0, 0.1) is 5.92 Å². The fraction of sp³-hybridized carbons (Fsp3) is 0.833. The monoisotopic (exact) mass is 239 g/mol. The van der Waals surface area contributed by atoms with E-state index in [1.807, 2.05) is 13.8 Å². The molecule has 0 spiro atoms. The summed E-state index contributed by atoms with van der Waals surface area (Å²) in [7, 11) is 0. The van der Waals surface area contributed by atoms with E-state index < -0.39 is 0 Å². The van der Waals surface area contributed by atoms with E-state index in [0.29, 0.717) is 23.8 Å². The van der Waals surface area contributed by atoms with Gasteiger partial charge in [0.15, 0.2) is 0 Å². The largest absolute Gasteiger partial charge is 0.424 e. The predicted molar refractivity (Wildman–Crippen MR) is 63.4 cm³/mol. The Kier molecular flexibility index (Phi) is 4.12. The van der Waals surface area contributed by atoms with Crippen LogP contribution in [0.25, 0.3) is 0 Å².